The Morgan fingerprint density at radius 2 is 2.19 bits per heavy atom. The molecule has 1 amide bonds. The topological polar surface area (TPSA) is 70.1 Å². The molecule has 0 unspecified atom stereocenters. The molecule has 1 aromatic carbocycles. The predicted molar refractivity (Wildman–Crippen MR) is 86.3 cm³/mol. The van der Waals surface area contributed by atoms with E-state index >= 15 is 0 Å². The Labute approximate surface area is 132 Å². The standard InChI is InChI=1S/C15H17BrN4O/c1-10-13(11(2)19-18-10)7-8-15(21)20-17-9-12-5-3-4-6-14(12)16/h3-6,9H,7-8H2,1-2H3,(H,18,19)(H,20,21)/b17-9+. The first-order valence-electron chi connectivity index (χ1n) is 6.65. The number of carbonyl (C=O) groups excluding carboxylic acids is 1. The third kappa shape index (κ3) is 4.26. The van der Waals surface area contributed by atoms with Gasteiger partial charge >= 0.3 is 0 Å². The SMILES string of the molecule is Cc1n[nH]c(C)c1CCC(=O)N/N=C/c1ccccc1Br. The summed E-state index contributed by atoms with van der Waals surface area (Å²) in [6, 6.07) is 7.68. The summed E-state index contributed by atoms with van der Waals surface area (Å²) in [5.74, 6) is -0.113. The molecule has 1 heterocycles. The third-order valence-electron chi connectivity index (χ3n) is 3.18. The fourth-order valence-electron chi connectivity index (χ4n) is 1.99. The average Bonchev–Trinajstić information content (AvgIpc) is 2.78. The maximum atomic E-state index is 11.8. The molecule has 2 rings (SSSR count). The molecule has 2 N–H and O–H groups in total. The van der Waals surface area contributed by atoms with E-state index in [1.165, 1.54) is 0 Å². The van der Waals surface area contributed by atoms with Crippen LogP contribution in [0.5, 0.6) is 0 Å². The molecule has 110 valence electrons. The molecule has 2 aromatic rings. The fourth-order valence-corrected chi connectivity index (χ4v) is 2.38. The summed E-state index contributed by atoms with van der Waals surface area (Å²) >= 11 is 3.42. The Kier molecular flexibility index (Phi) is 5.27. The Balaban J connectivity index is 1.84. The van der Waals surface area contributed by atoms with E-state index < -0.39 is 0 Å². The van der Waals surface area contributed by atoms with Crippen LogP contribution in [0.25, 0.3) is 0 Å². The van der Waals surface area contributed by atoms with Crippen LogP contribution >= 0.6 is 15.9 Å². The number of H-pyrrole nitrogens is 1. The number of nitrogens with zero attached hydrogens (tertiary/aromatic N) is 2. The lowest BCUT2D eigenvalue weighted by atomic mass is 10.1. The quantitative estimate of drug-likeness (QED) is 0.644. The molecule has 0 saturated heterocycles. The molecule has 0 spiro atoms. The number of hydrazone groups is 1. The van der Waals surface area contributed by atoms with Gasteiger partial charge in [0.25, 0.3) is 0 Å². The van der Waals surface area contributed by atoms with Gasteiger partial charge in [0.15, 0.2) is 0 Å². The molecule has 0 aliphatic carbocycles. The van der Waals surface area contributed by atoms with Crippen molar-refractivity contribution in [1.82, 2.24) is 15.6 Å². The van der Waals surface area contributed by atoms with E-state index in [9.17, 15) is 4.79 Å². The minimum atomic E-state index is -0.113. The summed E-state index contributed by atoms with van der Waals surface area (Å²) in [4.78, 5) is 11.8. The van der Waals surface area contributed by atoms with E-state index in [4.69, 9.17) is 0 Å². The Hall–Kier alpha value is -1.95. The van der Waals surface area contributed by atoms with Crippen LogP contribution in [-0.2, 0) is 11.2 Å². The van der Waals surface area contributed by atoms with E-state index in [-0.39, 0.29) is 5.91 Å². The molecule has 0 bridgehead atoms. The van der Waals surface area contributed by atoms with E-state index in [1.807, 2.05) is 38.1 Å². The zero-order valence-electron chi connectivity index (χ0n) is 12.0. The van der Waals surface area contributed by atoms with Gasteiger partial charge in [0.1, 0.15) is 0 Å². The maximum Gasteiger partial charge on any atom is 0.240 e. The van der Waals surface area contributed by atoms with E-state index in [0.29, 0.717) is 12.8 Å². The van der Waals surface area contributed by atoms with Crippen LogP contribution in [0.15, 0.2) is 33.8 Å². The van der Waals surface area contributed by atoms with Crippen molar-refractivity contribution < 1.29 is 4.79 Å². The van der Waals surface area contributed by atoms with Crippen LogP contribution in [0, 0.1) is 13.8 Å². The lowest BCUT2D eigenvalue weighted by Gasteiger charge is -2.01. The zero-order valence-corrected chi connectivity index (χ0v) is 13.6. The Bertz CT molecular complexity index is 644. The smallest absolute Gasteiger partial charge is 0.240 e. The number of hydrogen-bond donors (Lipinski definition) is 2. The molecule has 0 saturated carbocycles. The molecular weight excluding hydrogens is 332 g/mol. The highest BCUT2D eigenvalue weighted by Gasteiger charge is 2.08. The Morgan fingerprint density at radius 3 is 2.86 bits per heavy atom. The summed E-state index contributed by atoms with van der Waals surface area (Å²) in [5.41, 5.74) is 6.50. The van der Waals surface area contributed by atoms with Crippen molar-refractivity contribution in [2.75, 3.05) is 0 Å². The fraction of sp³-hybridized carbons (Fsp3) is 0.267. The van der Waals surface area contributed by atoms with Crippen LogP contribution in [0.1, 0.15) is 28.9 Å². The first-order chi connectivity index (χ1) is 10.1. The van der Waals surface area contributed by atoms with E-state index in [0.717, 1.165) is 27.0 Å². The van der Waals surface area contributed by atoms with Crippen LogP contribution in [0.4, 0.5) is 0 Å². The maximum absolute atomic E-state index is 11.8. The summed E-state index contributed by atoms with van der Waals surface area (Å²) in [5, 5.41) is 11.0. The summed E-state index contributed by atoms with van der Waals surface area (Å²) in [7, 11) is 0. The molecule has 6 heteroatoms. The number of aryl methyl sites for hydroxylation is 2. The van der Waals surface area contributed by atoms with Gasteiger partial charge in [0.2, 0.25) is 5.91 Å². The highest BCUT2D eigenvalue weighted by molar-refractivity contribution is 9.10. The largest absolute Gasteiger partial charge is 0.282 e. The number of halogens is 1. The van der Waals surface area contributed by atoms with Crippen LogP contribution < -0.4 is 5.43 Å². The number of rotatable bonds is 5. The molecule has 1 aromatic heterocycles. The number of benzene rings is 1. The van der Waals surface area contributed by atoms with Gasteiger partial charge in [-0.05, 0) is 31.9 Å². The number of nitrogens with one attached hydrogen (secondary N) is 2. The first kappa shape index (κ1) is 15.4. The minimum Gasteiger partial charge on any atom is -0.282 e. The molecule has 5 nitrogen and oxygen atoms in total. The van der Waals surface area contributed by atoms with Crippen molar-refractivity contribution in [3.63, 3.8) is 0 Å². The van der Waals surface area contributed by atoms with Crippen LogP contribution in [0.3, 0.4) is 0 Å². The van der Waals surface area contributed by atoms with Gasteiger partial charge in [-0.25, -0.2) is 5.43 Å². The summed E-state index contributed by atoms with van der Waals surface area (Å²) in [6.07, 6.45) is 2.66. The van der Waals surface area contributed by atoms with Crippen molar-refractivity contribution >= 4 is 28.1 Å². The average molecular weight is 349 g/mol. The lowest BCUT2D eigenvalue weighted by molar-refractivity contribution is -0.121. The highest BCUT2D eigenvalue weighted by atomic mass is 79.9. The van der Waals surface area contributed by atoms with Crippen LogP contribution in [0.2, 0.25) is 0 Å². The molecule has 21 heavy (non-hydrogen) atoms. The molecule has 0 radical (unpaired) electrons. The second kappa shape index (κ2) is 7.17. The van der Waals surface area contributed by atoms with Gasteiger partial charge in [0.05, 0.1) is 11.9 Å². The van der Waals surface area contributed by atoms with Gasteiger partial charge in [-0.2, -0.15) is 10.2 Å². The van der Waals surface area contributed by atoms with Gasteiger partial charge in [-0.15, -0.1) is 0 Å². The summed E-state index contributed by atoms with van der Waals surface area (Å²) in [6.45, 7) is 3.89. The van der Waals surface area contributed by atoms with Crippen LogP contribution in [-0.4, -0.2) is 22.3 Å². The number of aromatic amines is 1. The zero-order chi connectivity index (χ0) is 15.2. The molecule has 0 atom stereocenters. The first-order valence-corrected chi connectivity index (χ1v) is 7.44. The number of amides is 1. The van der Waals surface area contributed by atoms with Gasteiger partial charge in [-0.1, -0.05) is 34.1 Å². The molecule has 0 fully saturated rings. The van der Waals surface area contributed by atoms with Gasteiger partial charge in [0, 0.05) is 22.2 Å². The van der Waals surface area contributed by atoms with Crippen molar-refractivity contribution in [1.29, 1.82) is 0 Å². The van der Waals surface area contributed by atoms with Crippen molar-refractivity contribution in [3.05, 3.63) is 51.3 Å². The number of carbonyl (C=O) groups is 1. The second-order valence-corrected chi connectivity index (χ2v) is 5.58. The number of hydrogen-bond acceptors (Lipinski definition) is 3. The Morgan fingerprint density at radius 1 is 1.43 bits per heavy atom. The highest BCUT2D eigenvalue weighted by Crippen LogP contribution is 2.13. The van der Waals surface area contributed by atoms with E-state index in [2.05, 4.69) is 36.7 Å². The van der Waals surface area contributed by atoms with Crippen molar-refractivity contribution in [2.24, 2.45) is 5.10 Å². The summed E-state index contributed by atoms with van der Waals surface area (Å²) < 4.78 is 0.938. The predicted octanol–water partition coefficient (Wildman–Crippen LogP) is 2.87. The molecular formula is C15H17BrN4O. The van der Waals surface area contributed by atoms with Gasteiger partial charge in [-0.3, -0.25) is 9.89 Å². The second-order valence-electron chi connectivity index (χ2n) is 4.73. The monoisotopic (exact) mass is 348 g/mol. The lowest BCUT2D eigenvalue weighted by Crippen LogP contribution is -2.18. The molecule has 0 aliphatic heterocycles. The number of aromatic nitrogens is 2. The third-order valence-corrected chi connectivity index (χ3v) is 3.90. The molecule has 0 aliphatic rings. The van der Waals surface area contributed by atoms with E-state index in [1.54, 1.807) is 6.21 Å². The minimum absolute atomic E-state index is 0.113. The van der Waals surface area contributed by atoms with Gasteiger partial charge < -0.3 is 0 Å². The normalized spacial score (nSPS) is 11.0. The van der Waals surface area contributed by atoms with Crippen molar-refractivity contribution in [2.45, 2.75) is 26.7 Å². The van der Waals surface area contributed by atoms with Crippen molar-refractivity contribution in [3.8, 4) is 0 Å².